The summed E-state index contributed by atoms with van der Waals surface area (Å²) in [5.41, 5.74) is 1.61. The molecule has 1 aromatic carbocycles. The Morgan fingerprint density at radius 2 is 2.18 bits per heavy atom. The summed E-state index contributed by atoms with van der Waals surface area (Å²) in [4.78, 5) is 15.0. The van der Waals surface area contributed by atoms with Crippen molar-refractivity contribution >= 4 is 28.5 Å². The molecule has 0 aliphatic carbocycles. The van der Waals surface area contributed by atoms with Crippen molar-refractivity contribution < 1.29 is 9.90 Å². The van der Waals surface area contributed by atoms with Crippen LogP contribution in [0.5, 0.6) is 0 Å². The monoisotopic (exact) mass is 249 g/mol. The van der Waals surface area contributed by atoms with Crippen molar-refractivity contribution in [1.29, 1.82) is 0 Å². The third-order valence-corrected chi connectivity index (χ3v) is 3.02. The quantitative estimate of drug-likeness (QED) is 0.848. The third-order valence-electron chi connectivity index (χ3n) is 2.72. The summed E-state index contributed by atoms with van der Waals surface area (Å²) in [7, 11) is 0. The summed E-state index contributed by atoms with van der Waals surface area (Å²) in [6, 6.07) is 9.55. The van der Waals surface area contributed by atoms with E-state index in [0.717, 1.165) is 16.5 Å². The first-order chi connectivity index (χ1) is 8.08. The van der Waals surface area contributed by atoms with Crippen LogP contribution in [0.15, 0.2) is 30.3 Å². The van der Waals surface area contributed by atoms with Gasteiger partial charge in [0.2, 0.25) is 0 Å². The number of fused-ring (bicyclic) bond motifs is 1. The van der Waals surface area contributed by atoms with E-state index in [0.29, 0.717) is 5.15 Å². The first-order valence-corrected chi connectivity index (χ1v) is 5.72. The number of aromatic nitrogens is 1. The molecule has 0 bridgehead atoms. The van der Waals surface area contributed by atoms with Crippen LogP contribution >= 0.6 is 11.6 Å². The Kier molecular flexibility index (Phi) is 3.29. The maximum absolute atomic E-state index is 10.7. The average molecular weight is 250 g/mol. The predicted octanol–water partition coefficient (Wildman–Crippen LogP) is 3.47. The van der Waals surface area contributed by atoms with Gasteiger partial charge in [-0.05, 0) is 23.6 Å². The molecular weight excluding hydrogens is 238 g/mol. The summed E-state index contributed by atoms with van der Waals surface area (Å²) < 4.78 is 0. The number of pyridine rings is 1. The van der Waals surface area contributed by atoms with E-state index in [2.05, 4.69) is 4.98 Å². The van der Waals surface area contributed by atoms with Crippen molar-refractivity contribution in [3.05, 3.63) is 41.0 Å². The lowest BCUT2D eigenvalue weighted by Gasteiger charge is -2.11. The van der Waals surface area contributed by atoms with Crippen LogP contribution in [0, 0.1) is 0 Å². The minimum Gasteiger partial charge on any atom is -0.481 e. The van der Waals surface area contributed by atoms with Crippen LogP contribution < -0.4 is 0 Å². The lowest BCUT2D eigenvalue weighted by Crippen LogP contribution is -2.04. The van der Waals surface area contributed by atoms with E-state index in [1.54, 1.807) is 0 Å². The molecule has 1 atom stereocenters. The molecular formula is C13H12ClNO2. The minimum absolute atomic E-state index is 0.0553. The summed E-state index contributed by atoms with van der Waals surface area (Å²) in [6.45, 7) is 1.84. The number of carboxylic acid groups (broad SMARTS) is 1. The molecule has 0 saturated heterocycles. The molecule has 1 N–H and O–H groups in total. The van der Waals surface area contributed by atoms with Crippen molar-refractivity contribution in [1.82, 2.24) is 4.98 Å². The van der Waals surface area contributed by atoms with Crippen molar-refractivity contribution in [3.63, 3.8) is 0 Å². The van der Waals surface area contributed by atoms with Gasteiger partial charge in [-0.3, -0.25) is 4.79 Å². The van der Waals surface area contributed by atoms with E-state index in [1.165, 1.54) is 0 Å². The molecule has 0 radical (unpaired) electrons. The summed E-state index contributed by atoms with van der Waals surface area (Å²) in [5.74, 6) is -0.973. The summed E-state index contributed by atoms with van der Waals surface area (Å²) in [5, 5.41) is 10.1. The zero-order chi connectivity index (χ0) is 12.4. The van der Waals surface area contributed by atoms with E-state index < -0.39 is 5.97 Å². The van der Waals surface area contributed by atoms with E-state index in [9.17, 15) is 4.79 Å². The van der Waals surface area contributed by atoms with E-state index in [1.807, 2.05) is 37.3 Å². The third kappa shape index (κ3) is 2.56. The Morgan fingerprint density at radius 1 is 1.47 bits per heavy atom. The van der Waals surface area contributed by atoms with Gasteiger partial charge in [-0.2, -0.15) is 0 Å². The molecule has 2 rings (SSSR count). The number of rotatable bonds is 3. The van der Waals surface area contributed by atoms with Gasteiger partial charge in [0.05, 0.1) is 11.9 Å². The van der Waals surface area contributed by atoms with E-state index in [4.69, 9.17) is 16.7 Å². The molecule has 0 aliphatic rings. The van der Waals surface area contributed by atoms with Crippen LogP contribution in [-0.2, 0) is 4.79 Å². The molecule has 17 heavy (non-hydrogen) atoms. The number of aliphatic carboxylic acids is 1. The first-order valence-electron chi connectivity index (χ1n) is 5.35. The largest absolute Gasteiger partial charge is 0.481 e. The Balaban J connectivity index is 2.46. The number of benzene rings is 1. The molecule has 1 aromatic heterocycles. The first kappa shape index (κ1) is 11.9. The van der Waals surface area contributed by atoms with Crippen LogP contribution in [0.2, 0.25) is 5.15 Å². The van der Waals surface area contributed by atoms with Gasteiger partial charge in [0, 0.05) is 5.39 Å². The molecule has 2 aromatic rings. The van der Waals surface area contributed by atoms with Crippen LogP contribution in [0.3, 0.4) is 0 Å². The normalized spacial score (nSPS) is 12.6. The second-order valence-electron chi connectivity index (χ2n) is 4.06. The fourth-order valence-corrected chi connectivity index (χ4v) is 2.16. The lowest BCUT2D eigenvalue weighted by molar-refractivity contribution is -0.137. The molecule has 0 fully saturated rings. The van der Waals surface area contributed by atoms with Gasteiger partial charge in [0.1, 0.15) is 5.15 Å². The van der Waals surface area contributed by atoms with Crippen molar-refractivity contribution in [2.45, 2.75) is 19.3 Å². The highest BCUT2D eigenvalue weighted by Crippen LogP contribution is 2.28. The molecule has 88 valence electrons. The Hall–Kier alpha value is -1.61. The summed E-state index contributed by atoms with van der Waals surface area (Å²) >= 11 is 6.08. The van der Waals surface area contributed by atoms with Gasteiger partial charge in [0.15, 0.2) is 0 Å². The zero-order valence-corrected chi connectivity index (χ0v) is 10.1. The second kappa shape index (κ2) is 4.72. The number of carbonyl (C=O) groups is 1. The van der Waals surface area contributed by atoms with E-state index >= 15 is 0 Å². The lowest BCUT2D eigenvalue weighted by atomic mass is 9.98. The van der Waals surface area contributed by atoms with Crippen LogP contribution in [-0.4, -0.2) is 16.1 Å². The molecule has 1 heterocycles. The fourth-order valence-electron chi connectivity index (χ4n) is 1.83. The Bertz CT molecular complexity index is 568. The standard InChI is InChI=1S/C13H12ClNO2/c1-8(6-12(16)17)10-7-9-4-2-3-5-11(9)15-13(10)14/h2-5,7-8H,6H2,1H3,(H,16,17). The van der Waals surface area contributed by atoms with Gasteiger partial charge >= 0.3 is 5.97 Å². The molecule has 0 aliphatic heterocycles. The summed E-state index contributed by atoms with van der Waals surface area (Å²) in [6.07, 6.45) is 0.0553. The topological polar surface area (TPSA) is 50.2 Å². The van der Waals surface area contributed by atoms with Gasteiger partial charge in [0.25, 0.3) is 0 Å². The van der Waals surface area contributed by atoms with Gasteiger partial charge in [-0.25, -0.2) is 4.98 Å². The number of para-hydroxylation sites is 1. The van der Waals surface area contributed by atoms with Crippen LogP contribution in [0.1, 0.15) is 24.8 Å². The van der Waals surface area contributed by atoms with Gasteiger partial charge in [-0.1, -0.05) is 36.7 Å². The number of hydrogen-bond donors (Lipinski definition) is 1. The van der Waals surface area contributed by atoms with Gasteiger partial charge in [-0.15, -0.1) is 0 Å². The molecule has 4 heteroatoms. The maximum atomic E-state index is 10.7. The molecule has 0 amide bonds. The molecule has 3 nitrogen and oxygen atoms in total. The van der Waals surface area contributed by atoms with Crippen molar-refractivity contribution in [3.8, 4) is 0 Å². The van der Waals surface area contributed by atoms with Crippen molar-refractivity contribution in [2.75, 3.05) is 0 Å². The van der Waals surface area contributed by atoms with Crippen LogP contribution in [0.4, 0.5) is 0 Å². The SMILES string of the molecule is CC(CC(=O)O)c1cc2ccccc2nc1Cl. The van der Waals surface area contributed by atoms with Crippen molar-refractivity contribution in [2.24, 2.45) is 0 Å². The number of hydrogen-bond acceptors (Lipinski definition) is 2. The molecule has 0 saturated carbocycles. The maximum Gasteiger partial charge on any atom is 0.303 e. The Morgan fingerprint density at radius 3 is 2.88 bits per heavy atom. The number of nitrogens with zero attached hydrogens (tertiary/aromatic N) is 1. The number of halogens is 1. The van der Waals surface area contributed by atoms with E-state index in [-0.39, 0.29) is 12.3 Å². The smallest absolute Gasteiger partial charge is 0.303 e. The van der Waals surface area contributed by atoms with Crippen LogP contribution in [0.25, 0.3) is 10.9 Å². The Labute approximate surface area is 104 Å². The minimum atomic E-state index is -0.832. The predicted molar refractivity (Wildman–Crippen MR) is 67.4 cm³/mol. The zero-order valence-electron chi connectivity index (χ0n) is 9.35. The highest BCUT2D eigenvalue weighted by molar-refractivity contribution is 6.30. The van der Waals surface area contributed by atoms with Gasteiger partial charge < -0.3 is 5.11 Å². The molecule has 1 unspecified atom stereocenters. The highest BCUT2D eigenvalue weighted by atomic mass is 35.5. The highest BCUT2D eigenvalue weighted by Gasteiger charge is 2.15. The molecule has 0 spiro atoms. The number of carboxylic acids is 1. The fraction of sp³-hybridized carbons (Fsp3) is 0.231. The second-order valence-corrected chi connectivity index (χ2v) is 4.42. The average Bonchev–Trinajstić information content (AvgIpc) is 2.27.